The number of rotatable bonds is 5. The van der Waals surface area contributed by atoms with Crippen molar-refractivity contribution in [3.8, 4) is 17.2 Å². The van der Waals surface area contributed by atoms with Crippen LogP contribution in [0.5, 0.6) is 5.75 Å². The Bertz CT molecular complexity index is 1190. The van der Waals surface area contributed by atoms with Crippen molar-refractivity contribution in [2.24, 2.45) is 0 Å². The minimum absolute atomic E-state index is 0.00610. The van der Waals surface area contributed by atoms with Crippen molar-refractivity contribution in [2.75, 3.05) is 12.4 Å². The highest BCUT2D eigenvalue weighted by molar-refractivity contribution is 6.01. The molecule has 2 aromatic carbocycles. The van der Waals surface area contributed by atoms with Gasteiger partial charge in [-0.25, -0.2) is 4.98 Å². The van der Waals surface area contributed by atoms with E-state index in [-0.39, 0.29) is 5.91 Å². The van der Waals surface area contributed by atoms with Gasteiger partial charge in [0.1, 0.15) is 11.3 Å². The number of anilines is 1. The molecule has 1 N–H and O–H groups in total. The molecule has 0 saturated heterocycles. The summed E-state index contributed by atoms with van der Waals surface area (Å²) in [6.45, 7) is 0. The maximum absolute atomic E-state index is 13.6. The number of oxazole rings is 1. The molecule has 1 saturated carbocycles. The van der Waals surface area contributed by atoms with E-state index in [0.717, 1.165) is 36.8 Å². The first-order chi connectivity index (χ1) is 15.2. The van der Waals surface area contributed by atoms with Crippen LogP contribution in [0.3, 0.4) is 0 Å². The van der Waals surface area contributed by atoms with Crippen LogP contribution in [0, 0.1) is 0 Å². The minimum Gasteiger partial charge on any atom is -0.495 e. The first-order valence-corrected chi connectivity index (χ1v) is 10.5. The number of ether oxygens (including phenoxy) is 1. The summed E-state index contributed by atoms with van der Waals surface area (Å²) in [6.07, 6.45) is 7.08. The number of amides is 1. The number of methoxy groups -OCH3 is 1. The van der Waals surface area contributed by atoms with Crippen molar-refractivity contribution >= 4 is 22.7 Å². The molecule has 1 aliphatic carbocycles. The van der Waals surface area contributed by atoms with Crippen molar-refractivity contribution in [3.63, 3.8) is 0 Å². The van der Waals surface area contributed by atoms with E-state index in [1.807, 2.05) is 48.5 Å². The number of benzene rings is 2. The van der Waals surface area contributed by atoms with Crippen molar-refractivity contribution in [1.29, 1.82) is 0 Å². The number of pyridine rings is 1. The number of nitrogens with zero attached hydrogens (tertiary/aromatic N) is 2. The molecule has 6 nitrogen and oxygen atoms in total. The van der Waals surface area contributed by atoms with Crippen molar-refractivity contribution < 1.29 is 13.9 Å². The predicted molar refractivity (Wildman–Crippen MR) is 119 cm³/mol. The molecule has 156 valence electrons. The van der Waals surface area contributed by atoms with Crippen molar-refractivity contribution in [1.82, 2.24) is 9.97 Å². The van der Waals surface area contributed by atoms with Gasteiger partial charge in [0.25, 0.3) is 0 Å². The molecule has 0 bridgehead atoms. The molecule has 0 spiro atoms. The lowest BCUT2D eigenvalue weighted by molar-refractivity contribution is -0.121. The Kier molecular flexibility index (Phi) is 4.90. The number of nitrogens with one attached hydrogen (secondary N) is 1. The second-order valence-electron chi connectivity index (χ2n) is 7.89. The summed E-state index contributed by atoms with van der Waals surface area (Å²) in [5.41, 5.74) is 3.26. The lowest BCUT2D eigenvalue weighted by atomic mass is 9.78. The van der Waals surface area contributed by atoms with Gasteiger partial charge in [0.05, 0.1) is 24.4 Å². The Labute approximate surface area is 180 Å². The van der Waals surface area contributed by atoms with Gasteiger partial charge in [0.2, 0.25) is 11.8 Å². The molecule has 0 radical (unpaired) electrons. The zero-order valence-electron chi connectivity index (χ0n) is 17.3. The molecule has 2 heterocycles. The van der Waals surface area contributed by atoms with Crippen LogP contribution in [-0.2, 0) is 10.2 Å². The van der Waals surface area contributed by atoms with Gasteiger partial charge in [0, 0.05) is 17.8 Å². The van der Waals surface area contributed by atoms with Gasteiger partial charge >= 0.3 is 0 Å². The summed E-state index contributed by atoms with van der Waals surface area (Å²) < 4.78 is 11.4. The summed E-state index contributed by atoms with van der Waals surface area (Å²) in [7, 11) is 1.60. The van der Waals surface area contributed by atoms with E-state index in [2.05, 4.69) is 15.3 Å². The fourth-order valence-electron chi connectivity index (χ4n) is 4.47. The second-order valence-corrected chi connectivity index (χ2v) is 7.89. The summed E-state index contributed by atoms with van der Waals surface area (Å²) in [5, 5.41) is 3.14. The van der Waals surface area contributed by atoms with Crippen LogP contribution in [0.25, 0.3) is 22.6 Å². The fourth-order valence-corrected chi connectivity index (χ4v) is 4.47. The molecule has 0 atom stereocenters. The van der Waals surface area contributed by atoms with Gasteiger partial charge in [-0.15, -0.1) is 0 Å². The molecule has 1 amide bonds. The normalized spacial score (nSPS) is 15.1. The second kappa shape index (κ2) is 7.87. The van der Waals surface area contributed by atoms with Gasteiger partial charge in [-0.2, -0.15) is 0 Å². The smallest absolute Gasteiger partial charge is 0.235 e. The molecule has 1 fully saturated rings. The molecule has 2 aromatic heterocycles. The molecule has 1 aliphatic rings. The quantitative estimate of drug-likeness (QED) is 0.477. The number of aromatic nitrogens is 2. The Hall–Kier alpha value is -3.67. The average Bonchev–Trinajstić information content (AvgIpc) is 3.48. The van der Waals surface area contributed by atoms with E-state index in [1.165, 1.54) is 0 Å². The molecule has 31 heavy (non-hydrogen) atoms. The summed E-state index contributed by atoms with van der Waals surface area (Å²) >= 11 is 0. The Morgan fingerprint density at radius 2 is 1.90 bits per heavy atom. The number of fused-ring (bicyclic) bond motifs is 1. The lowest BCUT2D eigenvalue weighted by Gasteiger charge is -2.28. The lowest BCUT2D eigenvalue weighted by Crippen LogP contribution is -2.38. The highest BCUT2D eigenvalue weighted by atomic mass is 16.5. The summed E-state index contributed by atoms with van der Waals surface area (Å²) in [6, 6.07) is 17.4. The van der Waals surface area contributed by atoms with Gasteiger partial charge in [-0.1, -0.05) is 43.2 Å². The molecule has 5 rings (SSSR count). The van der Waals surface area contributed by atoms with Crippen LogP contribution in [0.15, 0.2) is 71.4 Å². The summed E-state index contributed by atoms with van der Waals surface area (Å²) in [4.78, 5) is 22.2. The molecular weight excluding hydrogens is 390 g/mol. The van der Waals surface area contributed by atoms with E-state index in [0.29, 0.717) is 28.4 Å². The van der Waals surface area contributed by atoms with E-state index < -0.39 is 5.41 Å². The average molecular weight is 413 g/mol. The molecule has 0 unspecified atom stereocenters. The van der Waals surface area contributed by atoms with Gasteiger partial charge in [0.15, 0.2) is 5.58 Å². The zero-order valence-corrected chi connectivity index (χ0v) is 17.3. The van der Waals surface area contributed by atoms with Crippen LogP contribution >= 0.6 is 0 Å². The molecule has 6 heteroatoms. The standard InChI is InChI=1S/C25H23N3O3/c1-30-21-10-9-17(23-27-20-16-26-14-11-22(20)31-23)15-19(21)28-24(29)25(12-5-6-13-25)18-7-3-2-4-8-18/h2-4,7-11,14-16H,5-6,12-13H2,1H3,(H,28,29). The third kappa shape index (κ3) is 3.44. The van der Waals surface area contributed by atoms with Crippen molar-refractivity contribution in [2.45, 2.75) is 31.1 Å². The van der Waals surface area contributed by atoms with E-state index in [4.69, 9.17) is 9.15 Å². The van der Waals surface area contributed by atoms with Crippen LogP contribution < -0.4 is 10.1 Å². The first kappa shape index (κ1) is 19.3. The van der Waals surface area contributed by atoms with E-state index in [9.17, 15) is 4.79 Å². The fraction of sp³-hybridized carbons (Fsp3) is 0.240. The molecule has 4 aromatic rings. The van der Waals surface area contributed by atoms with Crippen molar-refractivity contribution in [3.05, 3.63) is 72.6 Å². The highest BCUT2D eigenvalue weighted by Crippen LogP contribution is 2.43. The van der Waals surface area contributed by atoms with Crippen LogP contribution in [-0.4, -0.2) is 23.0 Å². The van der Waals surface area contributed by atoms with Crippen LogP contribution in [0.4, 0.5) is 5.69 Å². The molecular formula is C25H23N3O3. The monoisotopic (exact) mass is 413 g/mol. The van der Waals surface area contributed by atoms with Crippen LogP contribution in [0.2, 0.25) is 0 Å². The topological polar surface area (TPSA) is 77.2 Å². The highest BCUT2D eigenvalue weighted by Gasteiger charge is 2.42. The van der Waals surface area contributed by atoms with Gasteiger partial charge in [-0.3, -0.25) is 9.78 Å². The SMILES string of the molecule is COc1ccc(-c2nc3cnccc3o2)cc1NC(=O)C1(c2ccccc2)CCCC1. The third-order valence-electron chi connectivity index (χ3n) is 6.10. The number of carbonyl (C=O) groups is 1. The number of hydrogen-bond donors (Lipinski definition) is 1. The predicted octanol–water partition coefficient (Wildman–Crippen LogP) is 5.35. The Morgan fingerprint density at radius 1 is 1.10 bits per heavy atom. The van der Waals surface area contributed by atoms with Crippen LogP contribution in [0.1, 0.15) is 31.2 Å². The Morgan fingerprint density at radius 3 is 2.65 bits per heavy atom. The Balaban J connectivity index is 1.50. The first-order valence-electron chi connectivity index (χ1n) is 10.5. The largest absolute Gasteiger partial charge is 0.495 e. The number of carbonyl (C=O) groups excluding carboxylic acids is 1. The maximum Gasteiger partial charge on any atom is 0.235 e. The van der Waals surface area contributed by atoms with E-state index in [1.54, 1.807) is 25.6 Å². The zero-order chi connectivity index (χ0) is 21.3. The maximum atomic E-state index is 13.6. The minimum atomic E-state index is -0.522. The van der Waals surface area contributed by atoms with Gasteiger partial charge in [-0.05, 0) is 36.6 Å². The third-order valence-corrected chi connectivity index (χ3v) is 6.10. The van der Waals surface area contributed by atoms with E-state index >= 15 is 0 Å². The van der Waals surface area contributed by atoms with Gasteiger partial charge < -0.3 is 14.5 Å². The number of hydrogen-bond acceptors (Lipinski definition) is 5. The molecule has 0 aliphatic heterocycles. The summed E-state index contributed by atoms with van der Waals surface area (Å²) in [5.74, 6) is 1.06.